The normalized spacial score (nSPS) is 17.4. The fraction of sp³-hybridized carbons (Fsp3) is 0.615. The summed E-state index contributed by atoms with van der Waals surface area (Å²) in [5.41, 5.74) is 8.13. The van der Waals surface area contributed by atoms with Crippen LogP contribution in [-0.4, -0.2) is 31.8 Å². The summed E-state index contributed by atoms with van der Waals surface area (Å²) >= 11 is 0. The molecule has 2 heterocycles. The molecule has 0 bridgehead atoms. The number of hydrogen-bond donors (Lipinski definition) is 1. The molecule has 1 fully saturated rings. The highest BCUT2D eigenvalue weighted by Gasteiger charge is 2.20. The van der Waals surface area contributed by atoms with E-state index in [4.69, 9.17) is 10.5 Å². The van der Waals surface area contributed by atoms with Crippen LogP contribution >= 0.6 is 0 Å². The van der Waals surface area contributed by atoms with Gasteiger partial charge >= 0.3 is 0 Å². The third-order valence-corrected chi connectivity index (χ3v) is 3.46. The van der Waals surface area contributed by atoms with Gasteiger partial charge in [-0.1, -0.05) is 0 Å². The molecule has 1 aliphatic heterocycles. The van der Waals surface area contributed by atoms with Crippen molar-refractivity contribution in [2.45, 2.75) is 19.4 Å². The van der Waals surface area contributed by atoms with E-state index in [1.807, 2.05) is 12.4 Å². The predicted octanol–water partition coefficient (Wildman–Crippen LogP) is 1.40. The van der Waals surface area contributed by atoms with Crippen LogP contribution in [0.5, 0.6) is 0 Å². The smallest absolute Gasteiger partial charge is 0.0491 e. The van der Waals surface area contributed by atoms with E-state index in [1.165, 1.54) is 18.5 Å². The summed E-state index contributed by atoms with van der Waals surface area (Å²) in [5.74, 6) is 0.708. The molecule has 1 aromatic rings. The number of nitrogens with zero attached hydrogens (tertiary/aromatic N) is 2. The molecule has 1 aromatic heterocycles. The SMILES string of the molecule is COCC1CCN(c2ccncc2CN)CC1. The summed E-state index contributed by atoms with van der Waals surface area (Å²) in [7, 11) is 1.78. The lowest BCUT2D eigenvalue weighted by atomic mass is 9.97. The third-order valence-electron chi connectivity index (χ3n) is 3.46. The summed E-state index contributed by atoms with van der Waals surface area (Å²) in [5, 5.41) is 0. The second-order valence-corrected chi connectivity index (χ2v) is 4.59. The quantitative estimate of drug-likeness (QED) is 0.857. The molecule has 2 rings (SSSR count). The van der Waals surface area contributed by atoms with Gasteiger partial charge in [-0.2, -0.15) is 0 Å². The monoisotopic (exact) mass is 235 g/mol. The maximum atomic E-state index is 5.75. The number of rotatable bonds is 4. The van der Waals surface area contributed by atoms with E-state index in [-0.39, 0.29) is 0 Å². The molecule has 17 heavy (non-hydrogen) atoms. The zero-order valence-corrected chi connectivity index (χ0v) is 10.4. The van der Waals surface area contributed by atoms with E-state index in [0.29, 0.717) is 12.5 Å². The van der Waals surface area contributed by atoms with Crippen molar-refractivity contribution in [3.8, 4) is 0 Å². The van der Waals surface area contributed by atoms with Crippen LogP contribution in [0.4, 0.5) is 5.69 Å². The van der Waals surface area contributed by atoms with Crippen LogP contribution in [0.15, 0.2) is 18.5 Å². The maximum absolute atomic E-state index is 5.75. The van der Waals surface area contributed by atoms with Crippen LogP contribution in [0, 0.1) is 5.92 Å². The van der Waals surface area contributed by atoms with Gasteiger partial charge in [0.25, 0.3) is 0 Å². The van der Waals surface area contributed by atoms with E-state index in [9.17, 15) is 0 Å². The summed E-state index contributed by atoms with van der Waals surface area (Å²) in [4.78, 5) is 6.54. The first-order valence-electron chi connectivity index (χ1n) is 6.22. The van der Waals surface area contributed by atoms with Gasteiger partial charge in [0, 0.05) is 57.0 Å². The minimum Gasteiger partial charge on any atom is -0.384 e. The molecule has 0 amide bonds. The zero-order chi connectivity index (χ0) is 12.1. The van der Waals surface area contributed by atoms with Gasteiger partial charge in [0.2, 0.25) is 0 Å². The highest BCUT2D eigenvalue weighted by atomic mass is 16.5. The number of hydrogen-bond acceptors (Lipinski definition) is 4. The molecular formula is C13H21N3O. The lowest BCUT2D eigenvalue weighted by Crippen LogP contribution is -2.35. The molecule has 4 nitrogen and oxygen atoms in total. The van der Waals surface area contributed by atoms with Crippen molar-refractivity contribution >= 4 is 5.69 Å². The Kier molecular flexibility index (Phi) is 4.34. The minimum absolute atomic E-state index is 0.557. The highest BCUT2D eigenvalue weighted by Crippen LogP contribution is 2.25. The average molecular weight is 235 g/mol. The van der Waals surface area contributed by atoms with Gasteiger partial charge in [0.1, 0.15) is 0 Å². The average Bonchev–Trinajstić information content (AvgIpc) is 2.40. The molecule has 0 aromatic carbocycles. The van der Waals surface area contributed by atoms with Gasteiger partial charge in [0.15, 0.2) is 0 Å². The first-order valence-corrected chi connectivity index (χ1v) is 6.22. The Balaban J connectivity index is 2.00. The molecule has 0 radical (unpaired) electrons. The van der Waals surface area contributed by atoms with Gasteiger partial charge in [-0.25, -0.2) is 0 Å². The Hall–Kier alpha value is -1.13. The van der Waals surface area contributed by atoms with Crippen LogP contribution in [0.2, 0.25) is 0 Å². The van der Waals surface area contributed by atoms with Gasteiger partial charge in [0.05, 0.1) is 0 Å². The van der Waals surface area contributed by atoms with E-state index in [1.54, 1.807) is 7.11 Å². The molecule has 0 spiro atoms. The summed E-state index contributed by atoms with van der Waals surface area (Å²) in [6.07, 6.45) is 6.10. The van der Waals surface area contributed by atoms with E-state index >= 15 is 0 Å². The lowest BCUT2D eigenvalue weighted by molar-refractivity contribution is 0.139. The number of pyridine rings is 1. The summed E-state index contributed by atoms with van der Waals surface area (Å²) in [6.45, 7) is 3.62. The van der Waals surface area contributed by atoms with Crippen LogP contribution in [0.1, 0.15) is 18.4 Å². The van der Waals surface area contributed by atoms with Crippen molar-refractivity contribution in [3.05, 3.63) is 24.0 Å². The Bertz CT molecular complexity index is 348. The van der Waals surface area contributed by atoms with Gasteiger partial charge in [-0.3, -0.25) is 4.98 Å². The second kappa shape index (κ2) is 5.98. The predicted molar refractivity (Wildman–Crippen MR) is 68.9 cm³/mol. The molecule has 1 aliphatic rings. The standard InChI is InChI=1S/C13H21N3O/c1-17-10-11-3-6-16(7-4-11)13-2-5-15-9-12(13)8-14/h2,5,9,11H,3-4,6-8,10,14H2,1H3. The fourth-order valence-corrected chi connectivity index (χ4v) is 2.46. The third kappa shape index (κ3) is 2.96. The Morgan fingerprint density at radius 2 is 2.24 bits per heavy atom. The maximum Gasteiger partial charge on any atom is 0.0491 e. The van der Waals surface area contributed by atoms with Crippen LogP contribution < -0.4 is 10.6 Å². The topological polar surface area (TPSA) is 51.4 Å². The van der Waals surface area contributed by atoms with Crippen molar-refractivity contribution < 1.29 is 4.74 Å². The van der Waals surface area contributed by atoms with Gasteiger partial charge < -0.3 is 15.4 Å². The van der Waals surface area contributed by atoms with E-state index in [0.717, 1.165) is 25.3 Å². The molecule has 1 saturated heterocycles. The molecule has 0 aliphatic carbocycles. The van der Waals surface area contributed by atoms with E-state index in [2.05, 4.69) is 16.0 Å². The first kappa shape index (κ1) is 12.3. The van der Waals surface area contributed by atoms with Gasteiger partial charge in [-0.05, 0) is 24.8 Å². The van der Waals surface area contributed by atoms with Crippen molar-refractivity contribution in [1.29, 1.82) is 0 Å². The molecule has 2 N–H and O–H groups in total. The zero-order valence-electron chi connectivity index (χ0n) is 10.4. The number of methoxy groups -OCH3 is 1. The van der Waals surface area contributed by atoms with Crippen molar-refractivity contribution in [1.82, 2.24) is 4.98 Å². The van der Waals surface area contributed by atoms with Crippen LogP contribution in [0.3, 0.4) is 0 Å². The fourth-order valence-electron chi connectivity index (χ4n) is 2.46. The van der Waals surface area contributed by atoms with E-state index < -0.39 is 0 Å². The van der Waals surface area contributed by atoms with Crippen molar-refractivity contribution in [2.75, 3.05) is 31.7 Å². The number of anilines is 1. The van der Waals surface area contributed by atoms with Gasteiger partial charge in [-0.15, -0.1) is 0 Å². The van der Waals surface area contributed by atoms with Crippen LogP contribution in [-0.2, 0) is 11.3 Å². The Morgan fingerprint density at radius 3 is 2.88 bits per heavy atom. The van der Waals surface area contributed by atoms with Crippen LogP contribution in [0.25, 0.3) is 0 Å². The Labute approximate surface area is 103 Å². The first-order chi connectivity index (χ1) is 8.35. The highest BCUT2D eigenvalue weighted by molar-refractivity contribution is 5.52. The molecule has 0 unspecified atom stereocenters. The van der Waals surface area contributed by atoms with Crippen molar-refractivity contribution in [2.24, 2.45) is 11.7 Å². The Morgan fingerprint density at radius 1 is 1.47 bits per heavy atom. The lowest BCUT2D eigenvalue weighted by Gasteiger charge is -2.34. The minimum atomic E-state index is 0.557. The summed E-state index contributed by atoms with van der Waals surface area (Å²) in [6, 6.07) is 2.07. The molecule has 0 atom stereocenters. The number of piperidine rings is 1. The molecule has 94 valence electrons. The number of ether oxygens (including phenoxy) is 1. The number of nitrogens with two attached hydrogens (primary N) is 1. The molecular weight excluding hydrogens is 214 g/mol. The molecule has 4 heteroatoms. The van der Waals surface area contributed by atoms with Crippen molar-refractivity contribution in [3.63, 3.8) is 0 Å². The molecule has 0 saturated carbocycles. The summed E-state index contributed by atoms with van der Waals surface area (Å²) < 4.78 is 5.22. The second-order valence-electron chi connectivity index (χ2n) is 4.59. The largest absolute Gasteiger partial charge is 0.384 e. The number of aromatic nitrogens is 1.